The number of benzene rings is 1. The maximum atomic E-state index is 9.98. The summed E-state index contributed by atoms with van der Waals surface area (Å²) in [5.74, 6) is 0. The van der Waals surface area contributed by atoms with Crippen LogP contribution >= 0.6 is 0 Å². The Morgan fingerprint density at radius 3 is 2.67 bits per heavy atom. The van der Waals surface area contributed by atoms with Gasteiger partial charge in [0, 0.05) is 0 Å². The second-order valence-electron chi connectivity index (χ2n) is 2.10. The molecular weight excluding hydrogens is 223 g/mol. The molecule has 0 saturated carbocycles. The molecule has 0 aliphatic carbocycles. The predicted molar refractivity (Wildman–Crippen MR) is 45.0 cm³/mol. The number of rotatable bonds is 3. The fourth-order valence-electron chi connectivity index (χ4n) is 0.722. The normalized spacial score (nSPS) is 9.33. The van der Waals surface area contributed by atoms with Crippen LogP contribution in [0.4, 0.5) is 4.79 Å². The topological polar surface area (TPSA) is 46.5 Å². The van der Waals surface area contributed by atoms with Gasteiger partial charge in [0.25, 0.3) is 0 Å². The fraction of sp³-hybridized carbons (Fsp3) is 0.125. The molecule has 0 aliphatic heterocycles. The average molecular weight is 231 g/mol. The summed E-state index contributed by atoms with van der Waals surface area (Å²) in [6.45, 7) is 0. The minimum absolute atomic E-state index is 0.298. The van der Waals surface area contributed by atoms with Crippen molar-refractivity contribution in [2.45, 2.75) is 5.32 Å². The summed E-state index contributed by atoms with van der Waals surface area (Å²) >= 11 is -0.298. The SMILES string of the molecule is O=C(O)O[Se]Cc1ccccc1. The quantitative estimate of drug-likeness (QED) is 0.802. The third-order valence-corrected chi connectivity index (χ3v) is 2.69. The van der Waals surface area contributed by atoms with Crippen LogP contribution in [0.5, 0.6) is 0 Å². The summed E-state index contributed by atoms with van der Waals surface area (Å²) in [6.07, 6.45) is -1.19. The zero-order chi connectivity index (χ0) is 8.81. The van der Waals surface area contributed by atoms with Gasteiger partial charge in [-0.1, -0.05) is 0 Å². The molecule has 3 nitrogen and oxygen atoms in total. The van der Waals surface area contributed by atoms with Gasteiger partial charge in [-0.25, -0.2) is 0 Å². The summed E-state index contributed by atoms with van der Waals surface area (Å²) < 4.78 is 4.42. The van der Waals surface area contributed by atoms with Crippen molar-refractivity contribution < 1.29 is 13.7 Å². The van der Waals surface area contributed by atoms with Gasteiger partial charge < -0.3 is 0 Å². The van der Waals surface area contributed by atoms with Gasteiger partial charge in [0.2, 0.25) is 0 Å². The minimum atomic E-state index is -1.19. The molecule has 0 bridgehead atoms. The molecule has 0 heterocycles. The van der Waals surface area contributed by atoms with Crippen LogP contribution < -0.4 is 0 Å². The van der Waals surface area contributed by atoms with E-state index < -0.39 is 6.16 Å². The molecule has 12 heavy (non-hydrogen) atoms. The van der Waals surface area contributed by atoms with Crippen molar-refractivity contribution in [2.75, 3.05) is 0 Å². The first-order valence-electron chi connectivity index (χ1n) is 3.35. The zero-order valence-electron chi connectivity index (χ0n) is 6.27. The summed E-state index contributed by atoms with van der Waals surface area (Å²) in [4.78, 5) is 9.98. The number of carbonyl (C=O) groups is 1. The second kappa shape index (κ2) is 4.80. The van der Waals surface area contributed by atoms with Crippen molar-refractivity contribution in [1.82, 2.24) is 0 Å². The van der Waals surface area contributed by atoms with Crippen LogP contribution in [-0.2, 0) is 9.14 Å². The van der Waals surface area contributed by atoms with Crippen molar-refractivity contribution in [3.05, 3.63) is 35.9 Å². The zero-order valence-corrected chi connectivity index (χ0v) is 7.98. The number of carboxylic acid groups (broad SMARTS) is 1. The molecule has 1 rings (SSSR count). The summed E-state index contributed by atoms with van der Waals surface area (Å²) in [5, 5.41) is 8.88. The Labute approximate surface area is 76.8 Å². The molecule has 0 radical (unpaired) electrons. The molecule has 0 spiro atoms. The van der Waals surface area contributed by atoms with Crippen LogP contribution in [0.2, 0.25) is 0 Å². The second-order valence-corrected chi connectivity index (χ2v) is 3.55. The molecule has 64 valence electrons. The van der Waals surface area contributed by atoms with Gasteiger partial charge in [-0.05, 0) is 0 Å². The first-order chi connectivity index (χ1) is 5.79. The molecule has 1 aromatic carbocycles. The van der Waals surface area contributed by atoms with Crippen LogP contribution in [0.1, 0.15) is 5.56 Å². The van der Waals surface area contributed by atoms with Crippen molar-refractivity contribution in [3.63, 3.8) is 0 Å². The first kappa shape index (κ1) is 9.10. The molecule has 0 fully saturated rings. The number of hydrogen-bond acceptors (Lipinski definition) is 2. The molecule has 4 heteroatoms. The molecule has 1 N–H and O–H groups in total. The van der Waals surface area contributed by atoms with E-state index in [0.29, 0.717) is 5.32 Å². The first-order valence-corrected chi connectivity index (χ1v) is 5.26. The third-order valence-electron chi connectivity index (χ3n) is 1.20. The van der Waals surface area contributed by atoms with Gasteiger partial charge in [-0.3, -0.25) is 0 Å². The standard InChI is InChI=1S/C8H8O3Se/c9-8(10)11-12-6-7-4-2-1-3-5-7/h1-5H,6H2,(H,9,10). The van der Waals surface area contributed by atoms with Crippen molar-refractivity contribution in [3.8, 4) is 0 Å². The van der Waals surface area contributed by atoms with Gasteiger partial charge in [-0.2, -0.15) is 0 Å². The summed E-state index contributed by atoms with van der Waals surface area (Å²) in [7, 11) is 0. The van der Waals surface area contributed by atoms with Crippen molar-refractivity contribution in [1.29, 1.82) is 0 Å². The van der Waals surface area contributed by atoms with Crippen LogP contribution in [0, 0.1) is 0 Å². The van der Waals surface area contributed by atoms with E-state index in [9.17, 15) is 4.79 Å². The van der Waals surface area contributed by atoms with Gasteiger partial charge in [0.05, 0.1) is 0 Å². The molecule has 0 aromatic heterocycles. The molecule has 0 saturated heterocycles. The maximum absolute atomic E-state index is 9.98. The van der Waals surface area contributed by atoms with Gasteiger partial charge in [0.1, 0.15) is 0 Å². The van der Waals surface area contributed by atoms with E-state index in [-0.39, 0.29) is 15.3 Å². The Balaban J connectivity index is 2.29. The van der Waals surface area contributed by atoms with E-state index in [1.54, 1.807) is 0 Å². The van der Waals surface area contributed by atoms with E-state index >= 15 is 0 Å². The Morgan fingerprint density at radius 1 is 1.42 bits per heavy atom. The van der Waals surface area contributed by atoms with Crippen LogP contribution in [0.25, 0.3) is 0 Å². The number of hydrogen-bond donors (Lipinski definition) is 1. The van der Waals surface area contributed by atoms with Gasteiger partial charge in [0.15, 0.2) is 0 Å². The average Bonchev–Trinajstić information content (AvgIpc) is 2.05. The van der Waals surface area contributed by atoms with Crippen molar-refractivity contribution in [2.24, 2.45) is 0 Å². The molecular formula is C8H8O3Se. The van der Waals surface area contributed by atoms with E-state index in [1.165, 1.54) is 0 Å². The van der Waals surface area contributed by atoms with Crippen LogP contribution in [-0.4, -0.2) is 26.5 Å². The third kappa shape index (κ3) is 3.41. The van der Waals surface area contributed by atoms with E-state index in [1.807, 2.05) is 30.3 Å². The predicted octanol–water partition coefficient (Wildman–Crippen LogP) is 1.50. The molecule has 0 amide bonds. The van der Waals surface area contributed by atoms with E-state index in [4.69, 9.17) is 5.11 Å². The molecule has 0 aliphatic rings. The van der Waals surface area contributed by atoms with E-state index in [2.05, 4.69) is 3.82 Å². The van der Waals surface area contributed by atoms with E-state index in [0.717, 1.165) is 5.56 Å². The van der Waals surface area contributed by atoms with Crippen LogP contribution in [0.3, 0.4) is 0 Å². The monoisotopic (exact) mass is 232 g/mol. The molecule has 1 aromatic rings. The van der Waals surface area contributed by atoms with Crippen molar-refractivity contribution >= 4 is 21.4 Å². The van der Waals surface area contributed by atoms with Gasteiger partial charge in [-0.15, -0.1) is 0 Å². The Kier molecular flexibility index (Phi) is 3.64. The Hall–Kier alpha value is -0.991. The molecule has 0 unspecified atom stereocenters. The fourth-order valence-corrected chi connectivity index (χ4v) is 1.75. The Bertz CT molecular complexity index is 248. The Morgan fingerprint density at radius 2 is 2.08 bits per heavy atom. The van der Waals surface area contributed by atoms with Crippen LogP contribution in [0.15, 0.2) is 30.3 Å². The molecule has 0 atom stereocenters. The van der Waals surface area contributed by atoms with Gasteiger partial charge >= 0.3 is 76.4 Å². The summed E-state index contributed by atoms with van der Waals surface area (Å²) in [6, 6.07) is 9.67. The summed E-state index contributed by atoms with van der Waals surface area (Å²) in [5.41, 5.74) is 1.11.